The molecule has 0 bridgehead atoms. The Balaban J connectivity index is 1.89. The number of thioether (sulfide) groups is 1. The van der Waals surface area contributed by atoms with E-state index in [0.29, 0.717) is 6.42 Å². The largest absolute Gasteiger partial charge is 0.326 e. The van der Waals surface area contributed by atoms with Gasteiger partial charge in [0.05, 0.1) is 0 Å². The molecule has 0 radical (unpaired) electrons. The Morgan fingerprint density at radius 1 is 1.10 bits per heavy atom. The van der Waals surface area contributed by atoms with Crippen LogP contribution in [0.4, 0.5) is 16.2 Å². The summed E-state index contributed by atoms with van der Waals surface area (Å²) in [5.74, 6) is 1.97. The van der Waals surface area contributed by atoms with Crippen LogP contribution in [0.25, 0.3) is 0 Å². The van der Waals surface area contributed by atoms with Crippen molar-refractivity contribution in [1.29, 1.82) is 0 Å². The van der Waals surface area contributed by atoms with Crippen LogP contribution >= 0.6 is 11.8 Å². The fourth-order valence-corrected chi connectivity index (χ4v) is 2.76. The number of anilines is 2. The first-order valence-corrected chi connectivity index (χ1v) is 7.88. The second kappa shape index (κ2) is 7.19. The average molecular weight is 293 g/mol. The van der Waals surface area contributed by atoms with Crippen LogP contribution in [0.5, 0.6) is 0 Å². The number of benzene rings is 1. The molecule has 1 saturated heterocycles. The summed E-state index contributed by atoms with van der Waals surface area (Å²) < 4.78 is 0. The highest BCUT2D eigenvalue weighted by Gasteiger charge is 2.16. The number of carbonyl (C=O) groups excluding carboxylic acids is 2. The van der Waals surface area contributed by atoms with Gasteiger partial charge in [0.2, 0.25) is 5.91 Å². The zero-order valence-electron chi connectivity index (χ0n) is 11.5. The summed E-state index contributed by atoms with van der Waals surface area (Å²) in [6.07, 6.45) is 0.450. The number of nitrogens with one attached hydrogen (secondary N) is 2. The van der Waals surface area contributed by atoms with E-state index in [1.165, 1.54) is 0 Å². The van der Waals surface area contributed by atoms with Gasteiger partial charge < -0.3 is 15.5 Å². The van der Waals surface area contributed by atoms with Crippen LogP contribution in [0.2, 0.25) is 0 Å². The molecule has 2 N–H and O–H groups in total. The minimum absolute atomic E-state index is 0.0207. The van der Waals surface area contributed by atoms with Gasteiger partial charge in [-0.25, -0.2) is 4.79 Å². The summed E-state index contributed by atoms with van der Waals surface area (Å²) in [5.41, 5.74) is 1.48. The summed E-state index contributed by atoms with van der Waals surface area (Å²) in [6, 6.07) is 7.10. The maximum absolute atomic E-state index is 12.0. The van der Waals surface area contributed by atoms with Crippen molar-refractivity contribution in [2.45, 2.75) is 13.3 Å². The van der Waals surface area contributed by atoms with Gasteiger partial charge in [0.1, 0.15) is 0 Å². The average Bonchev–Trinajstić information content (AvgIpc) is 2.50. The maximum atomic E-state index is 12.0. The molecule has 1 heterocycles. The molecule has 5 nitrogen and oxygen atoms in total. The quantitative estimate of drug-likeness (QED) is 0.900. The molecule has 20 heavy (non-hydrogen) atoms. The number of carbonyl (C=O) groups is 2. The lowest BCUT2D eigenvalue weighted by atomic mass is 10.2. The standard InChI is InChI=1S/C14H19N3O2S/c1-2-13(18)15-11-3-5-12(6-4-11)16-14(19)17-7-9-20-10-8-17/h3-6H,2,7-10H2,1H3,(H,15,18)(H,16,19). The van der Waals surface area contributed by atoms with Gasteiger partial charge in [-0.2, -0.15) is 11.8 Å². The summed E-state index contributed by atoms with van der Waals surface area (Å²) in [6.45, 7) is 3.39. The third kappa shape index (κ3) is 4.16. The Bertz CT molecular complexity index is 470. The smallest absolute Gasteiger partial charge is 0.321 e. The van der Waals surface area contributed by atoms with Gasteiger partial charge in [0.15, 0.2) is 0 Å². The molecule has 0 aliphatic carbocycles. The van der Waals surface area contributed by atoms with Gasteiger partial charge in [0.25, 0.3) is 0 Å². The predicted octanol–water partition coefficient (Wildman–Crippen LogP) is 2.62. The molecule has 1 aromatic carbocycles. The van der Waals surface area contributed by atoms with Gasteiger partial charge in [0, 0.05) is 42.4 Å². The fraction of sp³-hybridized carbons (Fsp3) is 0.429. The molecule has 0 atom stereocenters. The van der Waals surface area contributed by atoms with Crippen LogP contribution in [-0.2, 0) is 4.79 Å². The van der Waals surface area contributed by atoms with Gasteiger partial charge in [-0.15, -0.1) is 0 Å². The normalized spacial score (nSPS) is 14.8. The molecule has 0 saturated carbocycles. The number of urea groups is 1. The number of nitrogens with zero attached hydrogens (tertiary/aromatic N) is 1. The van der Waals surface area contributed by atoms with Gasteiger partial charge in [-0.05, 0) is 24.3 Å². The monoisotopic (exact) mass is 293 g/mol. The van der Waals surface area contributed by atoms with Gasteiger partial charge >= 0.3 is 6.03 Å². The molecule has 1 fully saturated rings. The van der Waals surface area contributed by atoms with Crippen molar-refractivity contribution in [3.8, 4) is 0 Å². The van der Waals surface area contributed by atoms with Crippen LogP contribution in [-0.4, -0.2) is 41.4 Å². The highest BCUT2D eigenvalue weighted by molar-refractivity contribution is 7.99. The minimum Gasteiger partial charge on any atom is -0.326 e. The molecule has 0 unspecified atom stereocenters. The highest BCUT2D eigenvalue weighted by atomic mass is 32.2. The van der Waals surface area contributed by atoms with Crippen LogP contribution in [0.1, 0.15) is 13.3 Å². The second-order valence-corrected chi connectivity index (χ2v) is 5.73. The maximum Gasteiger partial charge on any atom is 0.321 e. The Morgan fingerprint density at radius 3 is 2.20 bits per heavy atom. The van der Waals surface area contributed by atoms with Crippen molar-refractivity contribution in [2.75, 3.05) is 35.2 Å². The predicted molar refractivity (Wildman–Crippen MR) is 83.3 cm³/mol. The molecule has 6 heteroatoms. The molecule has 108 valence electrons. The van der Waals surface area contributed by atoms with E-state index in [4.69, 9.17) is 0 Å². The van der Waals surface area contributed by atoms with E-state index in [1.807, 2.05) is 16.7 Å². The molecular formula is C14H19N3O2S. The van der Waals surface area contributed by atoms with E-state index >= 15 is 0 Å². The number of hydrogen-bond acceptors (Lipinski definition) is 3. The van der Waals surface area contributed by atoms with Gasteiger partial charge in [-0.1, -0.05) is 6.92 Å². The zero-order valence-corrected chi connectivity index (χ0v) is 12.3. The topological polar surface area (TPSA) is 61.4 Å². The summed E-state index contributed by atoms with van der Waals surface area (Å²) >= 11 is 1.87. The molecule has 0 aromatic heterocycles. The highest BCUT2D eigenvalue weighted by Crippen LogP contribution is 2.15. The minimum atomic E-state index is -0.0596. The molecule has 1 aliphatic rings. The van der Waals surface area contributed by atoms with Crippen LogP contribution in [0, 0.1) is 0 Å². The molecular weight excluding hydrogens is 274 g/mol. The van der Waals surface area contributed by atoms with Crippen molar-refractivity contribution < 1.29 is 9.59 Å². The van der Waals surface area contributed by atoms with Crippen molar-refractivity contribution >= 4 is 35.1 Å². The van der Waals surface area contributed by atoms with Crippen molar-refractivity contribution in [2.24, 2.45) is 0 Å². The Labute approximate surface area is 123 Å². The lowest BCUT2D eigenvalue weighted by Gasteiger charge is -2.26. The fourth-order valence-electron chi connectivity index (χ4n) is 1.86. The first-order chi connectivity index (χ1) is 9.69. The summed E-state index contributed by atoms with van der Waals surface area (Å²) in [7, 11) is 0. The molecule has 1 aromatic rings. The van der Waals surface area contributed by atoms with Crippen molar-refractivity contribution in [3.63, 3.8) is 0 Å². The lowest BCUT2D eigenvalue weighted by molar-refractivity contribution is -0.115. The number of amides is 3. The van der Waals surface area contributed by atoms with E-state index < -0.39 is 0 Å². The SMILES string of the molecule is CCC(=O)Nc1ccc(NC(=O)N2CCSCC2)cc1. The number of rotatable bonds is 3. The molecule has 2 rings (SSSR count). The third-order valence-electron chi connectivity index (χ3n) is 3.04. The second-order valence-electron chi connectivity index (χ2n) is 4.51. The Kier molecular flexibility index (Phi) is 5.29. The summed E-state index contributed by atoms with van der Waals surface area (Å²) in [5, 5.41) is 5.64. The van der Waals surface area contributed by atoms with E-state index in [1.54, 1.807) is 31.2 Å². The number of hydrogen-bond donors (Lipinski definition) is 2. The molecule has 0 spiro atoms. The third-order valence-corrected chi connectivity index (χ3v) is 3.98. The zero-order chi connectivity index (χ0) is 14.4. The van der Waals surface area contributed by atoms with Crippen molar-refractivity contribution in [3.05, 3.63) is 24.3 Å². The van der Waals surface area contributed by atoms with E-state index in [-0.39, 0.29) is 11.9 Å². The van der Waals surface area contributed by atoms with E-state index in [0.717, 1.165) is 36.0 Å². The van der Waals surface area contributed by atoms with E-state index in [2.05, 4.69) is 10.6 Å². The van der Waals surface area contributed by atoms with E-state index in [9.17, 15) is 9.59 Å². The molecule has 3 amide bonds. The first kappa shape index (κ1) is 14.7. The van der Waals surface area contributed by atoms with Gasteiger partial charge in [-0.3, -0.25) is 4.79 Å². The Morgan fingerprint density at radius 2 is 1.65 bits per heavy atom. The Hall–Kier alpha value is -1.69. The van der Waals surface area contributed by atoms with Crippen LogP contribution in [0.3, 0.4) is 0 Å². The molecule has 1 aliphatic heterocycles. The summed E-state index contributed by atoms with van der Waals surface area (Å²) in [4.78, 5) is 25.1. The lowest BCUT2D eigenvalue weighted by Crippen LogP contribution is -2.40. The van der Waals surface area contributed by atoms with Crippen LogP contribution < -0.4 is 10.6 Å². The first-order valence-electron chi connectivity index (χ1n) is 6.72. The van der Waals surface area contributed by atoms with Crippen LogP contribution in [0.15, 0.2) is 24.3 Å². The van der Waals surface area contributed by atoms with Crippen molar-refractivity contribution in [1.82, 2.24) is 4.90 Å².